The zero-order valence-corrected chi connectivity index (χ0v) is 10.5. The first kappa shape index (κ1) is 12.6. The van der Waals surface area contributed by atoms with Crippen molar-refractivity contribution in [1.82, 2.24) is 5.32 Å². The molecule has 1 saturated heterocycles. The van der Waals surface area contributed by atoms with Crippen molar-refractivity contribution in [1.29, 1.82) is 5.26 Å². The molecular formula is C14H17N3O. The summed E-state index contributed by atoms with van der Waals surface area (Å²) in [6.45, 7) is 1.91. The van der Waals surface area contributed by atoms with Gasteiger partial charge >= 0.3 is 0 Å². The molecule has 0 bridgehead atoms. The Morgan fingerprint density at radius 1 is 1.56 bits per heavy atom. The lowest BCUT2D eigenvalue weighted by Gasteiger charge is -2.20. The van der Waals surface area contributed by atoms with E-state index in [2.05, 4.69) is 11.4 Å². The van der Waals surface area contributed by atoms with Crippen molar-refractivity contribution >= 4 is 11.6 Å². The number of amides is 1. The summed E-state index contributed by atoms with van der Waals surface area (Å²) < 4.78 is 0. The Morgan fingerprint density at radius 2 is 2.33 bits per heavy atom. The van der Waals surface area contributed by atoms with Crippen LogP contribution < -0.4 is 10.2 Å². The first-order valence-corrected chi connectivity index (χ1v) is 6.18. The molecule has 1 amide bonds. The number of nitrogens with one attached hydrogen (secondary N) is 1. The Bertz CT molecular complexity index is 472. The third-order valence-electron chi connectivity index (χ3n) is 3.39. The third kappa shape index (κ3) is 2.69. The van der Waals surface area contributed by atoms with Crippen LogP contribution in [0.1, 0.15) is 18.4 Å². The second kappa shape index (κ2) is 5.65. The van der Waals surface area contributed by atoms with Crippen molar-refractivity contribution in [2.75, 3.05) is 25.0 Å². The molecule has 1 atom stereocenters. The second-order valence-electron chi connectivity index (χ2n) is 4.64. The Balaban J connectivity index is 2.08. The van der Waals surface area contributed by atoms with Crippen molar-refractivity contribution in [3.8, 4) is 6.07 Å². The topological polar surface area (TPSA) is 56.1 Å². The molecule has 1 aromatic carbocycles. The number of carbonyl (C=O) groups excluding carboxylic acids is 1. The van der Waals surface area contributed by atoms with E-state index in [-0.39, 0.29) is 5.91 Å². The predicted molar refractivity (Wildman–Crippen MR) is 70.2 cm³/mol. The SMILES string of the molecule is CN(C(=O)CC1CCNC1)c1ccccc1C#N. The molecule has 0 radical (unpaired) electrons. The van der Waals surface area contributed by atoms with E-state index in [0.717, 1.165) is 19.5 Å². The Labute approximate surface area is 107 Å². The summed E-state index contributed by atoms with van der Waals surface area (Å²) in [5.74, 6) is 0.501. The Hall–Kier alpha value is -1.86. The van der Waals surface area contributed by atoms with Gasteiger partial charge in [0.15, 0.2) is 0 Å². The molecule has 1 N–H and O–H groups in total. The average molecular weight is 243 g/mol. The summed E-state index contributed by atoms with van der Waals surface area (Å²) in [6, 6.07) is 9.31. The third-order valence-corrected chi connectivity index (χ3v) is 3.39. The maximum atomic E-state index is 12.2. The van der Waals surface area contributed by atoms with Gasteiger partial charge < -0.3 is 10.2 Å². The van der Waals surface area contributed by atoms with E-state index in [1.807, 2.05) is 12.1 Å². The zero-order chi connectivity index (χ0) is 13.0. The molecule has 0 saturated carbocycles. The smallest absolute Gasteiger partial charge is 0.227 e. The molecule has 1 aliphatic heterocycles. The summed E-state index contributed by atoms with van der Waals surface area (Å²) in [6.07, 6.45) is 1.60. The lowest BCUT2D eigenvalue weighted by molar-refractivity contribution is -0.119. The Morgan fingerprint density at radius 3 is 3.00 bits per heavy atom. The molecule has 1 aliphatic rings. The number of anilines is 1. The van der Waals surface area contributed by atoms with Gasteiger partial charge in [0.1, 0.15) is 6.07 Å². The van der Waals surface area contributed by atoms with Gasteiger partial charge in [-0.3, -0.25) is 4.79 Å². The summed E-state index contributed by atoms with van der Waals surface area (Å²) in [4.78, 5) is 13.8. The predicted octanol–water partition coefficient (Wildman–Crippen LogP) is 1.52. The van der Waals surface area contributed by atoms with Gasteiger partial charge in [0.05, 0.1) is 11.3 Å². The van der Waals surface area contributed by atoms with Crippen LogP contribution in [0.3, 0.4) is 0 Å². The summed E-state index contributed by atoms with van der Waals surface area (Å²) in [5, 5.41) is 12.3. The molecule has 4 nitrogen and oxygen atoms in total. The van der Waals surface area contributed by atoms with E-state index in [4.69, 9.17) is 5.26 Å². The van der Waals surface area contributed by atoms with Gasteiger partial charge in [0.2, 0.25) is 5.91 Å². The molecule has 1 fully saturated rings. The molecule has 0 spiro atoms. The first-order valence-electron chi connectivity index (χ1n) is 6.18. The van der Waals surface area contributed by atoms with E-state index in [9.17, 15) is 4.79 Å². The van der Waals surface area contributed by atoms with Crippen LogP contribution in [0, 0.1) is 17.2 Å². The van der Waals surface area contributed by atoms with Crippen LogP contribution in [0.15, 0.2) is 24.3 Å². The van der Waals surface area contributed by atoms with E-state index in [1.54, 1.807) is 24.1 Å². The second-order valence-corrected chi connectivity index (χ2v) is 4.64. The van der Waals surface area contributed by atoms with Gasteiger partial charge in [-0.2, -0.15) is 5.26 Å². The van der Waals surface area contributed by atoms with E-state index in [1.165, 1.54) is 0 Å². The van der Waals surface area contributed by atoms with Crippen LogP contribution >= 0.6 is 0 Å². The molecule has 4 heteroatoms. The quantitative estimate of drug-likeness (QED) is 0.875. The molecular weight excluding hydrogens is 226 g/mol. The highest BCUT2D eigenvalue weighted by Gasteiger charge is 2.21. The highest BCUT2D eigenvalue weighted by Crippen LogP contribution is 2.21. The van der Waals surface area contributed by atoms with Crippen LogP contribution in [0.5, 0.6) is 0 Å². The molecule has 0 aromatic heterocycles. The van der Waals surface area contributed by atoms with E-state index >= 15 is 0 Å². The minimum atomic E-state index is 0.0754. The number of hydrogen-bond acceptors (Lipinski definition) is 3. The highest BCUT2D eigenvalue weighted by molar-refractivity contribution is 5.94. The molecule has 0 aliphatic carbocycles. The average Bonchev–Trinajstić information content (AvgIpc) is 2.90. The minimum absolute atomic E-state index is 0.0754. The highest BCUT2D eigenvalue weighted by atomic mass is 16.2. The molecule has 18 heavy (non-hydrogen) atoms. The molecule has 2 rings (SSSR count). The van der Waals surface area contributed by atoms with E-state index < -0.39 is 0 Å². The van der Waals surface area contributed by atoms with Crippen LogP contribution in [0.25, 0.3) is 0 Å². The summed E-state index contributed by atoms with van der Waals surface area (Å²) in [5.41, 5.74) is 1.23. The van der Waals surface area contributed by atoms with Crippen LogP contribution in [0.4, 0.5) is 5.69 Å². The van der Waals surface area contributed by atoms with Crippen molar-refractivity contribution in [2.45, 2.75) is 12.8 Å². The lowest BCUT2D eigenvalue weighted by Crippen LogP contribution is -2.29. The van der Waals surface area contributed by atoms with Crippen LogP contribution in [0.2, 0.25) is 0 Å². The van der Waals surface area contributed by atoms with Crippen molar-refractivity contribution in [2.24, 2.45) is 5.92 Å². The fraction of sp³-hybridized carbons (Fsp3) is 0.429. The maximum absolute atomic E-state index is 12.2. The van der Waals surface area contributed by atoms with Crippen molar-refractivity contribution < 1.29 is 4.79 Å². The normalized spacial score (nSPS) is 18.3. The number of hydrogen-bond donors (Lipinski definition) is 1. The number of benzene rings is 1. The van der Waals surface area contributed by atoms with Crippen LogP contribution in [-0.4, -0.2) is 26.0 Å². The lowest BCUT2D eigenvalue weighted by atomic mass is 10.0. The van der Waals surface area contributed by atoms with Gasteiger partial charge in [-0.05, 0) is 37.6 Å². The van der Waals surface area contributed by atoms with Crippen LogP contribution in [-0.2, 0) is 4.79 Å². The number of nitrogens with zero attached hydrogens (tertiary/aromatic N) is 2. The molecule has 1 aromatic rings. The molecule has 94 valence electrons. The Kier molecular flexibility index (Phi) is 3.96. The zero-order valence-electron chi connectivity index (χ0n) is 10.5. The number of rotatable bonds is 3. The van der Waals surface area contributed by atoms with Crippen molar-refractivity contribution in [3.05, 3.63) is 29.8 Å². The fourth-order valence-corrected chi connectivity index (χ4v) is 2.27. The first-order chi connectivity index (χ1) is 8.72. The van der Waals surface area contributed by atoms with Gasteiger partial charge in [0, 0.05) is 13.5 Å². The van der Waals surface area contributed by atoms with Gasteiger partial charge in [0.25, 0.3) is 0 Å². The summed E-state index contributed by atoms with van der Waals surface area (Å²) >= 11 is 0. The number of nitriles is 1. The number of carbonyl (C=O) groups is 1. The van der Waals surface area contributed by atoms with E-state index in [0.29, 0.717) is 23.6 Å². The largest absolute Gasteiger partial charge is 0.316 e. The minimum Gasteiger partial charge on any atom is -0.316 e. The standard InChI is InChI=1S/C14H17N3O/c1-17(13-5-3-2-4-12(13)9-15)14(18)8-11-6-7-16-10-11/h2-5,11,16H,6-8,10H2,1H3. The number of para-hydroxylation sites is 1. The maximum Gasteiger partial charge on any atom is 0.227 e. The van der Waals surface area contributed by atoms with Gasteiger partial charge in [-0.25, -0.2) is 0 Å². The van der Waals surface area contributed by atoms with Crippen molar-refractivity contribution in [3.63, 3.8) is 0 Å². The fourth-order valence-electron chi connectivity index (χ4n) is 2.27. The molecule has 1 heterocycles. The monoisotopic (exact) mass is 243 g/mol. The van der Waals surface area contributed by atoms with Gasteiger partial charge in [-0.1, -0.05) is 12.1 Å². The molecule has 1 unspecified atom stereocenters. The van der Waals surface area contributed by atoms with Gasteiger partial charge in [-0.15, -0.1) is 0 Å². The summed E-state index contributed by atoms with van der Waals surface area (Å²) in [7, 11) is 1.74.